The quantitative estimate of drug-likeness (QED) is 0.788. The minimum atomic E-state index is 0.181. The summed E-state index contributed by atoms with van der Waals surface area (Å²) in [5.41, 5.74) is 1.01. The third-order valence-corrected chi connectivity index (χ3v) is 2.66. The van der Waals surface area contributed by atoms with Crippen LogP contribution >= 0.6 is 11.8 Å². The van der Waals surface area contributed by atoms with Crippen molar-refractivity contribution in [3.63, 3.8) is 0 Å². The number of hydrogen-bond donors (Lipinski definition) is 0. The van der Waals surface area contributed by atoms with Crippen molar-refractivity contribution in [3.05, 3.63) is 29.8 Å². The van der Waals surface area contributed by atoms with Crippen LogP contribution in [0.4, 0.5) is 0 Å². The first-order chi connectivity index (χ1) is 7.61. The van der Waals surface area contributed by atoms with Gasteiger partial charge in [-0.15, -0.1) is 0 Å². The minimum absolute atomic E-state index is 0.181. The van der Waals surface area contributed by atoms with E-state index in [0.29, 0.717) is 18.9 Å². The molecule has 1 rings (SSSR count). The van der Waals surface area contributed by atoms with Gasteiger partial charge in [0.1, 0.15) is 5.75 Å². The highest BCUT2D eigenvalue weighted by Gasteiger charge is 2.03. The molecular formula is C13H18O2S. The molecule has 0 aromatic heterocycles. The SMILES string of the molecule is CSC(=O)Cc1cccc(OCC(C)C)c1. The molecule has 0 spiro atoms. The van der Waals surface area contributed by atoms with E-state index >= 15 is 0 Å². The molecule has 0 fully saturated rings. The average molecular weight is 238 g/mol. The van der Waals surface area contributed by atoms with E-state index < -0.39 is 0 Å². The summed E-state index contributed by atoms with van der Waals surface area (Å²) in [6, 6.07) is 7.75. The van der Waals surface area contributed by atoms with Gasteiger partial charge in [-0.05, 0) is 29.9 Å². The minimum Gasteiger partial charge on any atom is -0.493 e. The highest BCUT2D eigenvalue weighted by molar-refractivity contribution is 8.13. The van der Waals surface area contributed by atoms with E-state index in [4.69, 9.17) is 4.74 Å². The summed E-state index contributed by atoms with van der Waals surface area (Å²) in [5.74, 6) is 1.36. The zero-order valence-corrected chi connectivity index (χ0v) is 10.8. The second-order valence-electron chi connectivity index (χ2n) is 4.11. The third kappa shape index (κ3) is 4.71. The summed E-state index contributed by atoms with van der Waals surface area (Å²) in [6.45, 7) is 4.93. The monoisotopic (exact) mass is 238 g/mol. The van der Waals surface area contributed by atoms with Crippen molar-refractivity contribution in [2.75, 3.05) is 12.9 Å². The first kappa shape index (κ1) is 13.1. The molecule has 16 heavy (non-hydrogen) atoms. The molecule has 0 bridgehead atoms. The summed E-state index contributed by atoms with van der Waals surface area (Å²) in [4.78, 5) is 11.3. The van der Waals surface area contributed by atoms with Gasteiger partial charge in [0, 0.05) is 6.42 Å². The van der Waals surface area contributed by atoms with Gasteiger partial charge in [-0.25, -0.2) is 0 Å². The van der Waals surface area contributed by atoms with Crippen LogP contribution in [0.15, 0.2) is 24.3 Å². The van der Waals surface area contributed by atoms with Gasteiger partial charge >= 0.3 is 0 Å². The van der Waals surface area contributed by atoms with E-state index in [2.05, 4.69) is 13.8 Å². The maximum atomic E-state index is 11.3. The highest BCUT2D eigenvalue weighted by Crippen LogP contribution is 2.16. The van der Waals surface area contributed by atoms with Gasteiger partial charge in [0.2, 0.25) is 0 Å². The van der Waals surface area contributed by atoms with Crippen LogP contribution in [0.1, 0.15) is 19.4 Å². The summed E-state index contributed by atoms with van der Waals surface area (Å²) >= 11 is 1.26. The predicted octanol–water partition coefficient (Wildman–Crippen LogP) is 3.15. The molecule has 0 amide bonds. The summed E-state index contributed by atoms with van der Waals surface area (Å²) < 4.78 is 5.61. The second-order valence-corrected chi connectivity index (χ2v) is 4.97. The zero-order chi connectivity index (χ0) is 12.0. The van der Waals surface area contributed by atoms with Gasteiger partial charge in [-0.3, -0.25) is 4.79 Å². The Morgan fingerprint density at radius 3 is 2.81 bits per heavy atom. The van der Waals surface area contributed by atoms with Crippen molar-refractivity contribution in [2.45, 2.75) is 20.3 Å². The molecule has 0 heterocycles. The van der Waals surface area contributed by atoms with Crippen molar-refractivity contribution in [3.8, 4) is 5.75 Å². The van der Waals surface area contributed by atoms with Crippen LogP contribution < -0.4 is 4.74 Å². The van der Waals surface area contributed by atoms with Gasteiger partial charge in [0.25, 0.3) is 0 Å². The van der Waals surface area contributed by atoms with Gasteiger partial charge in [-0.2, -0.15) is 0 Å². The standard InChI is InChI=1S/C13H18O2S/c1-10(2)9-15-12-6-4-5-11(7-12)8-13(14)16-3/h4-7,10H,8-9H2,1-3H3. The van der Waals surface area contributed by atoms with E-state index in [1.54, 1.807) is 6.26 Å². The van der Waals surface area contributed by atoms with Crippen molar-refractivity contribution >= 4 is 16.9 Å². The Balaban J connectivity index is 2.60. The molecule has 0 aliphatic heterocycles. The predicted molar refractivity (Wildman–Crippen MR) is 69.0 cm³/mol. The lowest BCUT2D eigenvalue weighted by Crippen LogP contribution is -2.05. The number of thioether (sulfide) groups is 1. The van der Waals surface area contributed by atoms with Crippen LogP contribution in [0.5, 0.6) is 5.75 Å². The Morgan fingerprint density at radius 2 is 2.19 bits per heavy atom. The average Bonchev–Trinajstić information content (AvgIpc) is 2.26. The normalized spacial score (nSPS) is 10.5. The van der Waals surface area contributed by atoms with Crippen molar-refractivity contribution in [2.24, 2.45) is 5.92 Å². The van der Waals surface area contributed by atoms with E-state index in [1.807, 2.05) is 24.3 Å². The molecular weight excluding hydrogens is 220 g/mol. The molecule has 0 aliphatic rings. The molecule has 88 valence electrons. The van der Waals surface area contributed by atoms with Crippen LogP contribution in [-0.4, -0.2) is 18.0 Å². The van der Waals surface area contributed by atoms with Crippen molar-refractivity contribution in [1.29, 1.82) is 0 Å². The van der Waals surface area contributed by atoms with Crippen LogP contribution in [0.3, 0.4) is 0 Å². The maximum absolute atomic E-state index is 11.3. The molecule has 0 atom stereocenters. The molecule has 0 unspecified atom stereocenters. The van der Waals surface area contributed by atoms with Crippen LogP contribution in [0, 0.1) is 5.92 Å². The summed E-state index contributed by atoms with van der Waals surface area (Å²) in [5, 5.41) is 0.181. The second kappa shape index (κ2) is 6.59. The molecule has 0 aliphatic carbocycles. The van der Waals surface area contributed by atoms with Gasteiger partial charge in [0.15, 0.2) is 5.12 Å². The first-order valence-electron chi connectivity index (χ1n) is 5.40. The fourth-order valence-corrected chi connectivity index (χ4v) is 1.56. The van der Waals surface area contributed by atoms with E-state index in [1.165, 1.54) is 11.8 Å². The van der Waals surface area contributed by atoms with Crippen LogP contribution in [0.25, 0.3) is 0 Å². The molecule has 0 saturated heterocycles. The molecule has 0 radical (unpaired) electrons. The fourth-order valence-electron chi connectivity index (χ4n) is 1.25. The Labute approximate surface area is 101 Å². The number of ether oxygens (including phenoxy) is 1. The number of carbonyl (C=O) groups is 1. The molecule has 2 nitrogen and oxygen atoms in total. The third-order valence-electron chi connectivity index (χ3n) is 2.06. The van der Waals surface area contributed by atoms with Gasteiger partial charge in [0.05, 0.1) is 6.61 Å². The molecule has 1 aromatic carbocycles. The highest BCUT2D eigenvalue weighted by atomic mass is 32.2. The molecule has 0 N–H and O–H groups in total. The van der Waals surface area contributed by atoms with Crippen LogP contribution in [0.2, 0.25) is 0 Å². The Hall–Kier alpha value is -0.960. The lowest BCUT2D eigenvalue weighted by molar-refractivity contribution is -0.110. The first-order valence-corrected chi connectivity index (χ1v) is 6.63. The summed E-state index contributed by atoms with van der Waals surface area (Å²) in [7, 11) is 0. The largest absolute Gasteiger partial charge is 0.493 e. The van der Waals surface area contributed by atoms with Crippen LogP contribution in [-0.2, 0) is 11.2 Å². The van der Waals surface area contributed by atoms with E-state index in [-0.39, 0.29) is 5.12 Å². The fraction of sp³-hybridized carbons (Fsp3) is 0.462. The lowest BCUT2D eigenvalue weighted by Gasteiger charge is -2.09. The number of hydrogen-bond acceptors (Lipinski definition) is 3. The molecule has 0 saturated carbocycles. The topological polar surface area (TPSA) is 26.3 Å². The zero-order valence-electron chi connectivity index (χ0n) is 10.0. The summed E-state index contributed by atoms with van der Waals surface area (Å²) in [6.07, 6.45) is 2.28. The van der Waals surface area contributed by atoms with Gasteiger partial charge in [-0.1, -0.05) is 37.7 Å². The lowest BCUT2D eigenvalue weighted by atomic mass is 10.1. The van der Waals surface area contributed by atoms with Gasteiger partial charge < -0.3 is 4.74 Å². The van der Waals surface area contributed by atoms with E-state index in [9.17, 15) is 4.79 Å². The number of rotatable bonds is 5. The molecule has 1 aromatic rings. The van der Waals surface area contributed by atoms with Crippen molar-refractivity contribution < 1.29 is 9.53 Å². The molecule has 3 heteroatoms. The number of benzene rings is 1. The van der Waals surface area contributed by atoms with Crippen molar-refractivity contribution in [1.82, 2.24) is 0 Å². The smallest absolute Gasteiger partial charge is 0.193 e. The Kier molecular flexibility index (Phi) is 5.39. The van der Waals surface area contributed by atoms with E-state index in [0.717, 1.165) is 11.3 Å². The Bertz CT molecular complexity index is 348. The maximum Gasteiger partial charge on any atom is 0.193 e. The number of carbonyl (C=O) groups excluding carboxylic acids is 1. The Morgan fingerprint density at radius 1 is 1.44 bits per heavy atom.